The molecule has 2 aromatic carbocycles. The molecule has 0 radical (unpaired) electrons. The van der Waals surface area contributed by atoms with Crippen molar-refractivity contribution < 1.29 is 41.4 Å². The van der Waals surface area contributed by atoms with Gasteiger partial charge in [0.1, 0.15) is 6.54 Å². The molecule has 0 aliphatic carbocycles. The number of amides is 2. The number of alkyl halides is 3. The largest absolute Gasteiger partial charge is 0.504 e. The first-order chi connectivity index (χ1) is 22.8. The van der Waals surface area contributed by atoms with Crippen molar-refractivity contribution in [3.05, 3.63) is 80.8 Å². The van der Waals surface area contributed by atoms with E-state index in [1.54, 1.807) is 6.92 Å². The lowest BCUT2D eigenvalue weighted by Crippen LogP contribution is -2.40. The second-order valence-electron chi connectivity index (χ2n) is 11.6. The number of morpholine rings is 1. The first-order valence-corrected chi connectivity index (χ1v) is 15.1. The molecule has 2 aliphatic heterocycles. The Bertz CT molecular complexity index is 1930. The summed E-state index contributed by atoms with van der Waals surface area (Å²) in [5.41, 5.74) is -0.814. The lowest BCUT2D eigenvalue weighted by Gasteiger charge is -2.33. The molecular weight excluding hydrogens is 645 g/mol. The maximum Gasteiger partial charge on any atom is 0.416 e. The number of aromatic hydroxyl groups is 1. The molecule has 4 heterocycles. The Balaban J connectivity index is 1.29. The zero-order chi connectivity index (χ0) is 34.3. The average Bonchev–Trinajstić information content (AvgIpc) is 3.52. The molecule has 17 heteroatoms. The zero-order valence-corrected chi connectivity index (χ0v) is 25.6. The van der Waals surface area contributed by atoms with Gasteiger partial charge in [-0.15, -0.1) is 5.10 Å². The van der Waals surface area contributed by atoms with Crippen LogP contribution in [0.15, 0.2) is 41.2 Å². The first-order valence-electron chi connectivity index (χ1n) is 15.1. The van der Waals surface area contributed by atoms with Gasteiger partial charge in [0.15, 0.2) is 11.6 Å². The van der Waals surface area contributed by atoms with Crippen LogP contribution in [-0.2, 0) is 22.3 Å². The van der Waals surface area contributed by atoms with Crippen LogP contribution < -0.4 is 15.8 Å². The average molecular weight is 676 g/mol. The number of anilines is 2. The quantitative estimate of drug-likeness (QED) is 0.296. The molecule has 0 bridgehead atoms. The Morgan fingerprint density at radius 2 is 1.69 bits per heavy atom. The van der Waals surface area contributed by atoms with Crippen LogP contribution in [0, 0.1) is 18.6 Å². The number of halogens is 5. The highest BCUT2D eigenvalue weighted by Gasteiger charge is 2.33. The monoisotopic (exact) mass is 675 g/mol. The number of hydrogen-bond donors (Lipinski definition) is 2. The van der Waals surface area contributed by atoms with E-state index in [1.165, 1.54) is 9.47 Å². The third-order valence-electron chi connectivity index (χ3n) is 8.62. The van der Waals surface area contributed by atoms with Crippen molar-refractivity contribution in [1.29, 1.82) is 0 Å². The fourth-order valence-electron chi connectivity index (χ4n) is 6.07. The van der Waals surface area contributed by atoms with E-state index in [0.29, 0.717) is 50.4 Å². The Hall–Kier alpha value is -5.06. The minimum Gasteiger partial charge on any atom is -0.504 e. The number of carbonyl (C=O) groups is 2. The second-order valence-corrected chi connectivity index (χ2v) is 11.6. The number of fused-ring (bicyclic) bond motifs is 1. The van der Waals surface area contributed by atoms with Gasteiger partial charge in [0.2, 0.25) is 23.5 Å². The van der Waals surface area contributed by atoms with Gasteiger partial charge in [-0.3, -0.25) is 14.4 Å². The van der Waals surface area contributed by atoms with Crippen molar-refractivity contribution in [1.82, 2.24) is 24.1 Å². The fraction of sp³-hybridized carbons (Fsp3) is 0.387. The van der Waals surface area contributed by atoms with Crippen LogP contribution in [0.25, 0.3) is 5.78 Å². The number of phenolic OH excluding ortho intramolecular Hbond substituents is 1. The van der Waals surface area contributed by atoms with Crippen molar-refractivity contribution >= 4 is 29.2 Å². The summed E-state index contributed by atoms with van der Waals surface area (Å²) in [4.78, 5) is 48.0. The van der Waals surface area contributed by atoms with E-state index in [1.807, 2.05) is 4.90 Å². The first kappa shape index (κ1) is 32.9. The smallest absolute Gasteiger partial charge is 0.416 e. The third kappa shape index (κ3) is 6.28. The summed E-state index contributed by atoms with van der Waals surface area (Å²) in [5, 5.41) is 17.1. The number of nitrogens with one attached hydrogen (secondary N) is 1. The van der Waals surface area contributed by atoms with E-state index >= 15 is 0 Å². The molecule has 2 amide bonds. The maximum absolute atomic E-state index is 14.0. The normalized spacial score (nSPS) is 16.0. The van der Waals surface area contributed by atoms with Crippen LogP contribution in [0.4, 0.5) is 33.6 Å². The van der Waals surface area contributed by atoms with E-state index in [2.05, 4.69) is 15.4 Å². The predicted molar refractivity (Wildman–Crippen MR) is 161 cm³/mol. The highest BCUT2D eigenvalue weighted by molar-refractivity contribution is 5.97. The number of aromatic nitrogens is 4. The number of benzene rings is 2. The van der Waals surface area contributed by atoms with E-state index in [9.17, 15) is 41.4 Å². The standard InChI is InChI=1S/C31H30F5N7O5/c1-17-24(18-8-10-40(11-9-18)27(46)21-6-7-22(32)25(33)26(21)45)28(47)43-30(38-29(39-43)41-12-14-48-15-13-41)42(17)16-23(44)37-20-4-2-19(3-5-20)31(34,35)36/h2-7,18,45H,8-16H2,1H3,(H,37,44). The topological polar surface area (TPSA) is 134 Å². The Labute approximate surface area is 269 Å². The van der Waals surface area contributed by atoms with Crippen molar-refractivity contribution in [2.45, 2.75) is 38.4 Å². The van der Waals surface area contributed by atoms with Crippen molar-refractivity contribution in [3.8, 4) is 5.75 Å². The van der Waals surface area contributed by atoms with Gasteiger partial charge >= 0.3 is 6.18 Å². The molecule has 0 spiro atoms. The van der Waals surface area contributed by atoms with Crippen molar-refractivity contribution in [2.75, 3.05) is 49.6 Å². The molecule has 254 valence electrons. The van der Waals surface area contributed by atoms with Crippen LogP contribution in [0.1, 0.15) is 45.9 Å². The summed E-state index contributed by atoms with van der Waals surface area (Å²) >= 11 is 0. The van der Waals surface area contributed by atoms with Crippen LogP contribution in [0.2, 0.25) is 0 Å². The van der Waals surface area contributed by atoms with Crippen molar-refractivity contribution in [3.63, 3.8) is 0 Å². The highest BCUT2D eigenvalue weighted by Crippen LogP contribution is 2.32. The number of piperidine rings is 1. The molecule has 6 rings (SSSR count). The minimum atomic E-state index is -4.53. The van der Waals surface area contributed by atoms with Crippen molar-refractivity contribution in [2.24, 2.45) is 0 Å². The van der Waals surface area contributed by atoms with Gasteiger partial charge in [0.05, 0.1) is 24.3 Å². The Kier molecular flexibility index (Phi) is 8.80. The number of hydrogen-bond acceptors (Lipinski definition) is 8. The number of likely N-dealkylation sites (tertiary alicyclic amines) is 1. The zero-order valence-electron chi connectivity index (χ0n) is 25.6. The molecule has 4 aromatic rings. The van der Waals surface area contributed by atoms with Crippen LogP contribution in [0.3, 0.4) is 0 Å². The van der Waals surface area contributed by atoms with Crippen LogP contribution >= 0.6 is 0 Å². The molecule has 2 aromatic heterocycles. The minimum absolute atomic E-state index is 0.0896. The highest BCUT2D eigenvalue weighted by atomic mass is 19.4. The Morgan fingerprint density at radius 3 is 2.33 bits per heavy atom. The van der Waals surface area contributed by atoms with E-state index in [0.717, 1.165) is 40.9 Å². The van der Waals surface area contributed by atoms with Gasteiger partial charge in [-0.25, -0.2) is 4.39 Å². The second kappa shape index (κ2) is 12.9. The lowest BCUT2D eigenvalue weighted by molar-refractivity contribution is -0.137. The van der Waals surface area contributed by atoms with E-state index in [4.69, 9.17) is 4.74 Å². The lowest BCUT2D eigenvalue weighted by atomic mass is 9.88. The molecule has 0 saturated carbocycles. The molecule has 12 nitrogen and oxygen atoms in total. The third-order valence-corrected chi connectivity index (χ3v) is 8.62. The predicted octanol–water partition coefficient (Wildman–Crippen LogP) is 3.70. The van der Waals surface area contributed by atoms with Gasteiger partial charge < -0.3 is 29.5 Å². The van der Waals surface area contributed by atoms with Gasteiger partial charge in [0, 0.05) is 43.1 Å². The number of carbonyl (C=O) groups excluding carboxylic acids is 2. The summed E-state index contributed by atoms with van der Waals surface area (Å²) in [6.45, 7) is 3.38. The summed E-state index contributed by atoms with van der Waals surface area (Å²) in [6.07, 6.45) is -3.95. The molecule has 48 heavy (non-hydrogen) atoms. The fourth-order valence-corrected chi connectivity index (χ4v) is 6.07. The number of ether oxygens (including phenoxy) is 1. The number of nitrogens with zero attached hydrogens (tertiary/aromatic N) is 6. The SMILES string of the molecule is Cc1c(C2CCN(C(=O)c3ccc(F)c(F)c3O)CC2)c(=O)n2nc(N3CCOCC3)nc2n1CC(=O)Nc1ccc(C(F)(F)F)cc1. The van der Waals surface area contributed by atoms with E-state index in [-0.39, 0.29) is 42.6 Å². The van der Waals surface area contributed by atoms with Gasteiger partial charge in [-0.2, -0.15) is 27.1 Å². The molecule has 0 unspecified atom stereocenters. The maximum atomic E-state index is 14.0. The summed E-state index contributed by atoms with van der Waals surface area (Å²) in [6, 6.07) is 5.76. The van der Waals surface area contributed by atoms with Crippen LogP contribution in [-0.4, -0.2) is 80.4 Å². The van der Waals surface area contributed by atoms with E-state index < -0.39 is 52.4 Å². The van der Waals surface area contributed by atoms with Gasteiger partial charge in [-0.1, -0.05) is 0 Å². The van der Waals surface area contributed by atoms with Gasteiger partial charge in [0.25, 0.3) is 11.5 Å². The Morgan fingerprint density at radius 1 is 1.02 bits per heavy atom. The molecule has 2 N–H and O–H groups in total. The molecule has 2 aliphatic rings. The summed E-state index contributed by atoms with van der Waals surface area (Å²) < 4.78 is 74.5. The molecular formula is C31H30F5N7O5. The number of phenols is 1. The molecule has 0 atom stereocenters. The molecule has 2 saturated heterocycles. The summed E-state index contributed by atoms with van der Waals surface area (Å²) in [7, 11) is 0. The van der Waals surface area contributed by atoms with Crippen LogP contribution in [0.5, 0.6) is 5.75 Å². The summed E-state index contributed by atoms with van der Waals surface area (Å²) in [5.74, 6) is -5.22. The molecule has 2 fully saturated rings. The number of rotatable bonds is 6. The van der Waals surface area contributed by atoms with Gasteiger partial charge in [-0.05, 0) is 62.1 Å².